The molecule has 0 saturated carbocycles. The number of imide groups is 1. The first-order valence-corrected chi connectivity index (χ1v) is 5.85. The van der Waals surface area contributed by atoms with E-state index in [0.717, 1.165) is 10.5 Å². The van der Waals surface area contributed by atoms with Crippen molar-refractivity contribution in [1.29, 1.82) is 0 Å². The third-order valence-corrected chi connectivity index (χ3v) is 3.07. The van der Waals surface area contributed by atoms with Crippen molar-refractivity contribution < 1.29 is 9.59 Å². The molecule has 0 unspecified atom stereocenters. The van der Waals surface area contributed by atoms with Crippen molar-refractivity contribution in [3.05, 3.63) is 59.3 Å². The zero-order chi connectivity index (χ0) is 13.4. The van der Waals surface area contributed by atoms with Gasteiger partial charge < -0.3 is 0 Å². The summed E-state index contributed by atoms with van der Waals surface area (Å²) in [7, 11) is 5.55. The minimum Gasteiger partial charge on any atom is -0.268 e. The minimum atomic E-state index is -0.345. The molecule has 0 spiro atoms. The number of hydrogen-bond acceptors (Lipinski definition) is 3. The average Bonchev–Trinajstić information content (AvgIpc) is 2.72. The first kappa shape index (κ1) is 11.7. The summed E-state index contributed by atoms with van der Waals surface area (Å²) in [6.45, 7) is 0. The fourth-order valence-electron chi connectivity index (χ4n) is 2.11. The molecule has 0 bridgehead atoms. The summed E-state index contributed by atoms with van der Waals surface area (Å²) in [6.07, 6.45) is 1.87. The highest BCUT2D eigenvalue weighted by molar-refractivity contribution is 6.34. The van der Waals surface area contributed by atoms with Crippen LogP contribution in [0.5, 0.6) is 0 Å². The van der Waals surface area contributed by atoms with Crippen molar-refractivity contribution in [2.75, 3.05) is 4.90 Å². The predicted octanol–water partition coefficient (Wildman–Crippen LogP) is 1.55. The third-order valence-electron chi connectivity index (χ3n) is 3.07. The number of rotatable bonds is 2. The van der Waals surface area contributed by atoms with Gasteiger partial charge in [-0.3, -0.25) is 9.59 Å². The second-order valence-electron chi connectivity index (χ2n) is 4.22. The molecule has 19 heavy (non-hydrogen) atoms. The molecule has 1 aromatic heterocycles. The number of aromatic nitrogens is 1. The van der Waals surface area contributed by atoms with Gasteiger partial charge in [0, 0.05) is 6.20 Å². The molecule has 0 atom stereocenters. The van der Waals surface area contributed by atoms with E-state index in [1.165, 1.54) is 0 Å². The van der Waals surface area contributed by atoms with Gasteiger partial charge in [0.25, 0.3) is 11.8 Å². The van der Waals surface area contributed by atoms with E-state index >= 15 is 0 Å². The van der Waals surface area contributed by atoms with Crippen LogP contribution < -0.4 is 4.90 Å². The highest BCUT2D eigenvalue weighted by atomic mass is 16.2. The Kier molecular flexibility index (Phi) is 2.67. The molecule has 2 amide bonds. The maximum Gasteiger partial charge on any atom is 0.267 e. The van der Waals surface area contributed by atoms with E-state index in [1.54, 1.807) is 42.6 Å². The second kappa shape index (κ2) is 4.35. The Morgan fingerprint density at radius 1 is 1.05 bits per heavy atom. The lowest BCUT2D eigenvalue weighted by molar-refractivity contribution is 0.0925. The van der Waals surface area contributed by atoms with Crippen molar-refractivity contribution in [3.8, 4) is 0 Å². The Morgan fingerprint density at radius 2 is 1.68 bits per heavy atom. The van der Waals surface area contributed by atoms with Gasteiger partial charge in [-0.05, 0) is 24.3 Å². The topological polar surface area (TPSA) is 50.3 Å². The zero-order valence-corrected chi connectivity index (χ0v) is 10.0. The monoisotopic (exact) mass is 248 g/mol. The SMILES string of the molecule is [B]Cc1ccnc(N2C(=O)c3ccccc3C2=O)c1. The van der Waals surface area contributed by atoms with Crippen molar-refractivity contribution in [3.63, 3.8) is 0 Å². The van der Waals surface area contributed by atoms with Gasteiger partial charge in [-0.1, -0.05) is 24.0 Å². The van der Waals surface area contributed by atoms with Gasteiger partial charge in [-0.25, -0.2) is 9.88 Å². The number of hydrogen-bond donors (Lipinski definition) is 0. The molecule has 1 aromatic carbocycles. The Labute approximate surface area is 111 Å². The molecule has 1 aliphatic rings. The maximum atomic E-state index is 12.2. The van der Waals surface area contributed by atoms with E-state index in [4.69, 9.17) is 7.85 Å². The maximum absolute atomic E-state index is 12.2. The van der Waals surface area contributed by atoms with Crippen LogP contribution in [0.25, 0.3) is 0 Å². The van der Waals surface area contributed by atoms with Crippen LogP contribution in [0.15, 0.2) is 42.6 Å². The van der Waals surface area contributed by atoms with E-state index in [2.05, 4.69) is 4.98 Å². The zero-order valence-electron chi connectivity index (χ0n) is 10.0. The number of carbonyl (C=O) groups excluding carboxylic acids is 2. The summed E-state index contributed by atoms with van der Waals surface area (Å²) in [5.74, 6) is -0.376. The lowest BCUT2D eigenvalue weighted by Crippen LogP contribution is -2.30. The summed E-state index contributed by atoms with van der Waals surface area (Å²) in [5.41, 5.74) is 1.64. The Bertz CT molecular complexity index is 650. The van der Waals surface area contributed by atoms with E-state index in [0.29, 0.717) is 23.3 Å². The number of pyridine rings is 1. The molecule has 3 rings (SSSR count). The van der Waals surface area contributed by atoms with Crippen LogP contribution in [0.3, 0.4) is 0 Å². The number of anilines is 1. The van der Waals surface area contributed by atoms with Crippen molar-refractivity contribution >= 4 is 25.5 Å². The van der Waals surface area contributed by atoms with E-state index in [-0.39, 0.29) is 11.8 Å². The first-order valence-electron chi connectivity index (χ1n) is 5.85. The molecule has 0 N–H and O–H groups in total. The van der Waals surface area contributed by atoms with Crippen molar-refractivity contribution in [2.45, 2.75) is 6.32 Å². The number of nitrogens with zero attached hydrogens (tertiary/aromatic N) is 2. The average molecular weight is 248 g/mol. The summed E-state index contributed by atoms with van der Waals surface area (Å²) >= 11 is 0. The van der Waals surface area contributed by atoms with Crippen LogP contribution in [0.4, 0.5) is 5.82 Å². The Morgan fingerprint density at radius 3 is 2.26 bits per heavy atom. The molecule has 0 fully saturated rings. The highest BCUT2D eigenvalue weighted by Crippen LogP contribution is 2.27. The van der Waals surface area contributed by atoms with Gasteiger partial charge in [-0.15, -0.1) is 0 Å². The molecular formula is C14H9BN2O2. The van der Waals surface area contributed by atoms with Gasteiger partial charge in [-0.2, -0.15) is 0 Å². The van der Waals surface area contributed by atoms with E-state index in [9.17, 15) is 9.59 Å². The molecular weight excluding hydrogens is 239 g/mol. The largest absolute Gasteiger partial charge is 0.268 e. The van der Waals surface area contributed by atoms with Gasteiger partial charge in [0.1, 0.15) is 5.82 Å². The molecule has 90 valence electrons. The first-order chi connectivity index (χ1) is 9.22. The van der Waals surface area contributed by atoms with Crippen LogP contribution in [-0.2, 0) is 6.32 Å². The van der Waals surface area contributed by atoms with E-state index in [1.807, 2.05) is 0 Å². The summed E-state index contributed by atoms with van der Waals surface area (Å²) in [6, 6.07) is 10.2. The molecule has 0 saturated heterocycles. The number of amides is 2. The predicted molar refractivity (Wildman–Crippen MR) is 71.3 cm³/mol. The fourth-order valence-corrected chi connectivity index (χ4v) is 2.11. The van der Waals surface area contributed by atoms with E-state index < -0.39 is 0 Å². The number of fused-ring (bicyclic) bond motifs is 1. The lowest BCUT2D eigenvalue weighted by atomic mass is 9.98. The lowest BCUT2D eigenvalue weighted by Gasteiger charge is -2.13. The molecule has 5 heteroatoms. The molecule has 2 aromatic rings. The minimum absolute atomic E-state index is 0.314. The van der Waals surface area contributed by atoms with Crippen LogP contribution in [0, 0.1) is 0 Å². The molecule has 0 aliphatic carbocycles. The molecule has 4 nitrogen and oxygen atoms in total. The van der Waals surface area contributed by atoms with Gasteiger partial charge in [0.2, 0.25) is 0 Å². The fraction of sp³-hybridized carbons (Fsp3) is 0.0714. The van der Waals surface area contributed by atoms with Crippen LogP contribution in [0.1, 0.15) is 26.3 Å². The van der Waals surface area contributed by atoms with Crippen LogP contribution in [0.2, 0.25) is 0 Å². The molecule has 2 heterocycles. The second-order valence-corrected chi connectivity index (χ2v) is 4.22. The molecule has 2 radical (unpaired) electrons. The smallest absolute Gasteiger partial charge is 0.267 e. The van der Waals surface area contributed by atoms with Gasteiger partial charge >= 0.3 is 0 Å². The van der Waals surface area contributed by atoms with Gasteiger partial charge in [0.05, 0.1) is 19.0 Å². The third kappa shape index (κ3) is 1.74. The highest BCUT2D eigenvalue weighted by Gasteiger charge is 2.36. The van der Waals surface area contributed by atoms with Crippen LogP contribution in [-0.4, -0.2) is 24.6 Å². The summed E-state index contributed by atoms with van der Waals surface area (Å²) in [4.78, 5) is 29.7. The number of benzene rings is 1. The number of carbonyl (C=O) groups is 2. The summed E-state index contributed by atoms with van der Waals surface area (Å²) in [5, 5.41) is 0. The Hall–Kier alpha value is -2.43. The van der Waals surface area contributed by atoms with Crippen LogP contribution >= 0.6 is 0 Å². The normalized spacial score (nSPS) is 13.8. The Balaban J connectivity index is 2.08. The van der Waals surface area contributed by atoms with Crippen molar-refractivity contribution in [2.24, 2.45) is 0 Å². The standard InChI is InChI=1S/C14H9BN2O2/c15-8-9-5-6-16-12(7-9)17-13(18)10-3-1-2-4-11(10)14(17)19/h1-7H,8H2. The quantitative estimate of drug-likeness (QED) is 0.598. The van der Waals surface area contributed by atoms with Crippen molar-refractivity contribution in [1.82, 2.24) is 4.98 Å². The summed E-state index contributed by atoms with van der Waals surface area (Å²) < 4.78 is 0. The molecule has 1 aliphatic heterocycles. The van der Waals surface area contributed by atoms with Gasteiger partial charge in [0.15, 0.2) is 0 Å².